The highest BCUT2D eigenvalue weighted by molar-refractivity contribution is 7.80. The van der Waals surface area contributed by atoms with E-state index < -0.39 is 0 Å². The lowest BCUT2D eigenvalue weighted by Gasteiger charge is -2.25. The molecule has 1 rings (SSSR count). The maximum absolute atomic E-state index is 5.21. The van der Waals surface area contributed by atoms with Gasteiger partial charge in [-0.2, -0.15) is 12.6 Å². The molecule has 3 heteroatoms. The molecular formula is C8H13NS2. The van der Waals surface area contributed by atoms with E-state index in [4.69, 9.17) is 12.2 Å². The molecule has 0 aromatic heterocycles. The van der Waals surface area contributed by atoms with Gasteiger partial charge in [-0.05, 0) is 6.42 Å². The molecular weight excluding hydrogens is 174 g/mol. The van der Waals surface area contributed by atoms with Crippen molar-refractivity contribution in [1.29, 1.82) is 0 Å². The smallest absolute Gasteiger partial charge is 0.0784 e. The van der Waals surface area contributed by atoms with E-state index in [-0.39, 0.29) is 0 Å². The summed E-state index contributed by atoms with van der Waals surface area (Å²) in [6.45, 7) is 3.06. The van der Waals surface area contributed by atoms with Crippen LogP contribution in [0.25, 0.3) is 0 Å². The number of thiocarbonyl (C=S) groups is 1. The Labute approximate surface area is 78.9 Å². The van der Waals surface area contributed by atoms with Crippen LogP contribution in [0.5, 0.6) is 0 Å². The minimum Gasteiger partial charge on any atom is -0.355 e. The Balaban J connectivity index is 2.53. The summed E-state index contributed by atoms with van der Waals surface area (Å²) in [6.07, 6.45) is 5.29. The van der Waals surface area contributed by atoms with E-state index >= 15 is 0 Å². The lowest BCUT2D eigenvalue weighted by molar-refractivity contribution is 0.447. The van der Waals surface area contributed by atoms with Crippen molar-refractivity contribution in [1.82, 2.24) is 4.90 Å². The predicted octanol–water partition coefficient (Wildman–Crippen LogP) is 1.89. The normalized spacial score (nSPS) is 22.7. The zero-order chi connectivity index (χ0) is 8.27. The molecule has 0 aromatic rings. The molecule has 11 heavy (non-hydrogen) atoms. The second-order valence-electron chi connectivity index (χ2n) is 2.58. The van der Waals surface area contributed by atoms with Crippen LogP contribution in [0, 0.1) is 0 Å². The van der Waals surface area contributed by atoms with Crippen molar-refractivity contribution in [3.63, 3.8) is 0 Å². The molecule has 1 nitrogen and oxygen atoms in total. The summed E-state index contributed by atoms with van der Waals surface area (Å²) in [5.74, 6) is 0.858. The van der Waals surface area contributed by atoms with Gasteiger partial charge in [-0.25, -0.2) is 0 Å². The van der Waals surface area contributed by atoms with Crippen LogP contribution in [0.2, 0.25) is 0 Å². The lowest BCUT2D eigenvalue weighted by Crippen LogP contribution is -2.35. The standard InChI is InChI=1S/C8H13NS2/c1-2-8(11)9-5-3-4-7(9)6-10/h3-4,7,10H,2,5-6H2,1H3. The van der Waals surface area contributed by atoms with E-state index in [0.717, 1.165) is 23.7 Å². The summed E-state index contributed by atoms with van der Waals surface area (Å²) in [5.41, 5.74) is 0. The largest absolute Gasteiger partial charge is 0.355 e. The lowest BCUT2D eigenvalue weighted by atomic mass is 10.3. The van der Waals surface area contributed by atoms with Crippen molar-refractivity contribution in [3.8, 4) is 0 Å². The molecule has 0 bridgehead atoms. The molecule has 0 aliphatic carbocycles. The first kappa shape index (κ1) is 9.07. The Morgan fingerprint density at radius 1 is 1.82 bits per heavy atom. The van der Waals surface area contributed by atoms with Crippen LogP contribution < -0.4 is 0 Å². The quantitative estimate of drug-likeness (QED) is 0.399. The second kappa shape index (κ2) is 4.12. The van der Waals surface area contributed by atoms with Crippen LogP contribution in [0.15, 0.2) is 12.2 Å². The Morgan fingerprint density at radius 3 is 3.09 bits per heavy atom. The zero-order valence-electron chi connectivity index (χ0n) is 6.66. The van der Waals surface area contributed by atoms with Crippen LogP contribution in [0.4, 0.5) is 0 Å². The van der Waals surface area contributed by atoms with Gasteiger partial charge in [-0.15, -0.1) is 0 Å². The van der Waals surface area contributed by atoms with Gasteiger partial charge in [-0.3, -0.25) is 0 Å². The van der Waals surface area contributed by atoms with Gasteiger partial charge in [0.2, 0.25) is 0 Å². The number of hydrogen-bond acceptors (Lipinski definition) is 2. The van der Waals surface area contributed by atoms with Crippen molar-refractivity contribution in [3.05, 3.63) is 12.2 Å². The minimum absolute atomic E-state index is 0.436. The second-order valence-corrected chi connectivity index (χ2v) is 3.41. The van der Waals surface area contributed by atoms with E-state index in [1.165, 1.54) is 0 Å². The first-order valence-corrected chi connectivity index (χ1v) is 4.90. The maximum atomic E-state index is 5.21. The van der Waals surface area contributed by atoms with Crippen LogP contribution in [-0.4, -0.2) is 28.2 Å². The molecule has 1 aliphatic heterocycles. The number of thiol groups is 1. The molecule has 1 atom stereocenters. The fraction of sp³-hybridized carbons (Fsp3) is 0.625. The first-order valence-electron chi connectivity index (χ1n) is 3.86. The monoisotopic (exact) mass is 187 g/mol. The average Bonchev–Trinajstić information content (AvgIpc) is 2.50. The van der Waals surface area contributed by atoms with Crippen molar-refractivity contribution in [2.75, 3.05) is 12.3 Å². The van der Waals surface area contributed by atoms with Crippen molar-refractivity contribution in [2.45, 2.75) is 19.4 Å². The fourth-order valence-corrected chi connectivity index (χ4v) is 1.75. The van der Waals surface area contributed by atoms with Crippen molar-refractivity contribution in [2.24, 2.45) is 0 Å². The van der Waals surface area contributed by atoms with Crippen LogP contribution >= 0.6 is 24.8 Å². The highest BCUT2D eigenvalue weighted by Crippen LogP contribution is 2.13. The molecule has 0 radical (unpaired) electrons. The highest BCUT2D eigenvalue weighted by atomic mass is 32.1. The van der Waals surface area contributed by atoms with Gasteiger partial charge in [-0.1, -0.05) is 31.3 Å². The maximum Gasteiger partial charge on any atom is 0.0784 e. The van der Waals surface area contributed by atoms with Crippen LogP contribution in [0.1, 0.15) is 13.3 Å². The third kappa shape index (κ3) is 1.97. The Bertz CT molecular complexity index is 177. The molecule has 1 heterocycles. The Kier molecular flexibility index (Phi) is 3.40. The van der Waals surface area contributed by atoms with E-state index in [2.05, 4.69) is 36.6 Å². The van der Waals surface area contributed by atoms with Crippen molar-refractivity contribution < 1.29 is 0 Å². The molecule has 0 spiro atoms. The summed E-state index contributed by atoms with van der Waals surface area (Å²) in [4.78, 5) is 3.27. The first-order chi connectivity index (χ1) is 5.29. The summed E-state index contributed by atoms with van der Waals surface area (Å²) in [7, 11) is 0. The van der Waals surface area contributed by atoms with Gasteiger partial charge in [0.25, 0.3) is 0 Å². The van der Waals surface area contributed by atoms with Gasteiger partial charge < -0.3 is 4.90 Å². The highest BCUT2D eigenvalue weighted by Gasteiger charge is 2.18. The molecule has 0 aromatic carbocycles. The molecule has 1 aliphatic rings. The van der Waals surface area contributed by atoms with E-state index in [1.807, 2.05) is 0 Å². The number of hydrogen-bond donors (Lipinski definition) is 1. The van der Waals surface area contributed by atoms with E-state index in [9.17, 15) is 0 Å². The Morgan fingerprint density at radius 2 is 2.55 bits per heavy atom. The summed E-state index contributed by atoms with van der Waals surface area (Å²) in [5, 5.41) is 0. The molecule has 0 amide bonds. The molecule has 0 N–H and O–H groups in total. The summed E-state index contributed by atoms with van der Waals surface area (Å²) in [6, 6.07) is 0.436. The topological polar surface area (TPSA) is 3.24 Å². The third-order valence-corrected chi connectivity index (χ3v) is 2.77. The summed E-state index contributed by atoms with van der Waals surface area (Å²) < 4.78 is 0. The van der Waals surface area contributed by atoms with E-state index in [0.29, 0.717) is 6.04 Å². The van der Waals surface area contributed by atoms with Crippen LogP contribution in [-0.2, 0) is 0 Å². The number of rotatable bonds is 2. The Hall–Kier alpha value is -0.0200. The molecule has 0 fully saturated rings. The third-order valence-electron chi connectivity index (χ3n) is 1.87. The summed E-state index contributed by atoms with van der Waals surface area (Å²) >= 11 is 9.47. The van der Waals surface area contributed by atoms with Gasteiger partial charge in [0.1, 0.15) is 0 Å². The van der Waals surface area contributed by atoms with Gasteiger partial charge in [0.15, 0.2) is 0 Å². The van der Waals surface area contributed by atoms with Crippen LogP contribution in [0.3, 0.4) is 0 Å². The molecule has 0 saturated carbocycles. The molecule has 0 saturated heterocycles. The predicted molar refractivity (Wildman–Crippen MR) is 56.4 cm³/mol. The minimum atomic E-state index is 0.436. The van der Waals surface area contributed by atoms with Gasteiger partial charge >= 0.3 is 0 Å². The van der Waals surface area contributed by atoms with Gasteiger partial charge in [0.05, 0.1) is 11.0 Å². The zero-order valence-corrected chi connectivity index (χ0v) is 8.37. The molecule has 62 valence electrons. The van der Waals surface area contributed by atoms with Gasteiger partial charge in [0, 0.05) is 12.3 Å². The fourth-order valence-electron chi connectivity index (χ4n) is 1.22. The average molecular weight is 187 g/mol. The molecule has 1 unspecified atom stereocenters. The SMILES string of the molecule is CCC(=S)N1CC=CC1CS. The van der Waals surface area contributed by atoms with Crippen molar-refractivity contribution >= 4 is 29.8 Å². The van der Waals surface area contributed by atoms with E-state index in [1.54, 1.807) is 0 Å². The number of nitrogens with zero attached hydrogens (tertiary/aromatic N) is 1.